The third-order valence-electron chi connectivity index (χ3n) is 5.60. The van der Waals surface area contributed by atoms with Crippen LogP contribution in [0.15, 0.2) is 22.7 Å². The first-order chi connectivity index (χ1) is 15.0. The first-order valence-corrected chi connectivity index (χ1v) is 10.9. The van der Waals surface area contributed by atoms with Crippen molar-refractivity contribution in [3.8, 4) is 6.07 Å². The molecule has 1 aromatic heterocycles. The highest BCUT2D eigenvalue weighted by Gasteiger charge is 2.32. The molecule has 1 atom stereocenters. The average molecular weight is 428 g/mol. The molecule has 0 saturated heterocycles. The van der Waals surface area contributed by atoms with E-state index in [0.717, 1.165) is 61.3 Å². The van der Waals surface area contributed by atoms with Gasteiger partial charge in [-0.05, 0) is 68.5 Å². The van der Waals surface area contributed by atoms with Crippen LogP contribution < -0.4 is 21.4 Å². The Morgan fingerprint density at radius 2 is 2.06 bits per heavy atom. The second kappa shape index (κ2) is 12.1. The van der Waals surface area contributed by atoms with Crippen LogP contribution in [-0.2, 0) is 14.3 Å². The summed E-state index contributed by atoms with van der Waals surface area (Å²) in [6.45, 7) is 4.65. The molecule has 0 aromatic carbocycles. The lowest BCUT2D eigenvalue weighted by Crippen LogP contribution is -2.40. The number of aromatic amines is 1. The van der Waals surface area contributed by atoms with Crippen LogP contribution in [0.1, 0.15) is 57.4 Å². The molecule has 1 heterocycles. The zero-order chi connectivity index (χ0) is 22.7. The number of methoxy groups -OCH3 is 1. The fourth-order valence-electron chi connectivity index (χ4n) is 3.70. The van der Waals surface area contributed by atoms with E-state index in [-0.39, 0.29) is 11.7 Å². The first-order valence-electron chi connectivity index (χ1n) is 10.9. The van der Waals surface area contributed by atoms with E-state index in [1.54, 1.807) is 14.0 Å². The van der Waals surface area contributed by atoms with Crippen molar-refractivity contribution in [3.05, 3.63) is 44.4 Å². The molecule has 1 amide bonds. The molecule has 0 bridgehead atoms. The molecule has 1 unspecified atom stereocenters. The number of hydrogen-bond acceptors (Lipinski definition) is 5. The maximum absolute atomic E-state index is 11.8. The number of pyridine rings is 1. The van der Waals surface area contributed by atoms with Crippen molar-refractivity contribution in [2.24, 2.45) is 0 Å². The van der Waals surface area contributed by atoms with Crippen LogP contribution in [0.3, 0.4) is 0 Å². The average Bonchev–Trinajstić information content (AvgIpc) is 3.17. The van der Waals surface area contributed by atoms with E-state index in [1.165, 1.54) is 0 Å². The van der Waals surface area contributed by atoms with E-state index in [1.807, 2.05) is 24.3 Å². The number of aryl methyl sites for hydroxylation is 1. The number of carbonyl (C=O) groups is 1. The standard InChI is InChI=1S/C17H23NO3.C7H10N2O/c1-4-5-6-9-21-16-11-14-13(7-8-15(16)20-3)10-12(2)17(19)18-14;8-5-7(9-6-10)3-1-2-4-7/h7-8,10-11,16H,4-6,9H2,1-3H3,(H,18,19);6H,1-4H2,(H,9,10). The van der Waals surface area contributed by atoms with Crippen molar-refractivity contribution in [3.63, 3.8) is 0 Å². The topological polar surface area (TPSA) is 104 Å². The maximum Gasteiger partial charge on any atom is 0.251 e. The highest BCUT2D eigenvalue weighted by Crippen LogP contribution is 2.28. The number of carbonyl (C=O) groups excluding carboxylic acids is 1. The largest absolute Gasteiger partial charge is 0.498 e. The van der Waals surface area contributed by atoms with Gasteiger partial charge in [-0.25, -0.2) is 0 Å². The van der Waals surface area contributed by atoms with Crippen molar-refractivity contribution in [1.29, 1.82) is 5.26 Å². The van der Waals surface area contributed by atoms with Gasteiger partial charge in [0.2, 0.25) is 6.41 Å². The summed E-state index contributed by atoms with van der Waals surface area (Å²) in [6, 6.07) is 4.02. The number of H-pyrrole nitrogens is 1. The third kappa shape index (κ3) is 6.83. The lowest BCUT2D eigenvalue weighted by Gasteiger charge is -2.17. The van der Waals surface area contributed by atoms with E-state index in [4.69, 9.17) is 14.7 Å². The summed E-state index contributed by atoms with van der Waals surface area (Å²) in [7, 11) is 1.64. The number of hydrogen-bond donors (Lipinski definition) is 2. The normalized spacial score (nSPS) is 18.5. The summed E-state index contributed by atoms with van der Waals surface area (Å²) in [5.74, 6) is 0.751. The van der Waals surface area contributed by atoms with Gasteiger partial charge in [-0.1, -0.05) is 19.8 Å². The quantitative estimate of drug-likeness (QED) is 0.487. The van der Waals surface area contributed by atoms with Crippen molar-refractivity contribution >= 4 is 18.6 Å². The Morgan fingerprint density at radius 1 is 1.32 bits per heavy atom. The molecule has 2 aliphatic carbocycles. The van der Waals surface area contributed by atoms with Gasteiger partial charge >= 0.3 is 0 Å². The van der Waals surface area contributed by atoms with Gasteiger partial charge in [-0.2, -0.15) is 5.26 Å². The highest BCUT2D eigenvalue weighted by molar-refractivity contribution is 5.50. The van der Waals surface area contributed by atoms with E-state index < -0.39 is 5.54 Å². The fraction of sp³-hybridized carbons (Fsp3) is 0.542. The highest BCUT2D eigenvalue weighted by atomic mass is 16.5. The molecule has 2 N–H and O–H groups in total. The number of fused-ring (bicyclic) bond motifs is 1. The SMILES string of the molecule is CCCCCOC1C=c2[nH]c(=O)c(C)cc2=CC=C1OC.N#CC1(NC=O)CCCC1. The summed E-state index contributed by atoms with van der Waals surface area (Å²) < 4.78 is 11.3. The number of nitriles is 1. The predicted molar refractivity (Wildman–Crippen MR) is 120 cm³/mol. The summed E-state index contributed by atoms with van der Waals surface area (Å²) in [6.07, 6.45) is 13.2. The van der Waals surface area contributed by atoms with Gasteiger partial charge in [0.05, 0.1) is 13.2 Å². The molecule has 0 spiro atoms. The molecular weight excluding hydrogens is 394 g/mol. The first kappa shape index (κ1) is 24.4. The monoisotopic (exact) mass is 427 g/mol. The van der Waals surface area contributed by atoms with Crippen LogP contribution in [0.4, 0.5) is 0 Å². The molecule has 1 aromatic rings. The Labute approximate surface area is 183 Å². The molecule has 2 aliphatic rings. The van der Waals surface area contributed by atoms with Gasteiger partial charge < -0.3 is 19.8 Å². The fourth-order valence-corrected chi connectivity index (χ4v) is 3.70. The Hall–Kier alpha value is -2.85. The smallest absolute Gasteiger partial charge is 0.251 e. The van der Waals surface area contributed by atoms with E-state index in [9.17, 15) is 9.59 Å². The van der Waals surface area contributed by atoms with Crippen molar-refractivity contribution in [1.82, 2.24) is 10.3 Å². The number of nitrogens with zero attached hydrogens (tertiary/aromatic N) is 1. The van der Waals surface area contributed by atoms with Gasteiger partial charge in [0.25, 0.3) is 5.56 Å². The lowest BCUT2D eigenvalue weighted by atomic mass is 10.0. The van der Waals surface area contributed by atoms with Crippen LogP contribution in [0.5, 0.6) is 0 Å². The van der Waals surface area contributed by atoms with Crippen molar-refractivity contribution in [2.75, 3.05) is 13.7 Å². The number of nitrogens with one attached hydrogen (secondary N) is 2. The Morgan fingerprint density at radius 3 is 2.68 bits per heavy atom. The molecule has 7 nitrogen and oxygen atoms in total. The van der Waals surface area contributed by atoms with Gasteiger partial charge in [-0.15, -0.1) is 0 Å². The molecule has 1 fully saturated rings. The number of rotatable bonds is 8. The van der Waals surface area contributed by atoms with E-state index in [0.29, 0.717) is 18.6 Å². The zero-order valence-electron chi connectivity index (χ0n) is 18.7. The second-order valence-electron chi connectivity index (χ2n) is 7.92. The minimum Gasteiger partial charge on any atom is -0.498 e. The number of unbranched alkanes of at least 4 members (excludes halogenated alkanes) is 2. The molecule has 168 valence electrons. The Kier molecular flexibility index (Phi) is 9.54. The van der Waals surface area contributed by atoms with Gasteiger partial charge in [0.1, 0.15) is 17.4 Å². The minimum absolute atomic E-state index is 0.0657. The molecular formula is C24H33N3O4. The molecule has 31 heavy (non-hydrogen) atoms. The van der Waals surface area contributed by atoms with Crippen LogP contribution >= 0.6 is 0 Å². The molecule has 7 heteroatoms. The van der Waals surface area contributed by atoms with Crippen molar-refractivity contribution < 1.29 is 14.3 Å². The molecule has 0 aliphatic heterocycles. The number of ether oxygens (including phenoxy) is 2. The number of aromatic nitrogens is 1. The second-order valence-corrected chi connectivity index (χ2v) is 7.92. The van der Waals surface area contributed by atoms with Crippen LogP contribution in [0.2, 0.25) is 0 Å². The van der Waals surface area contributed by atoms with Crippen LogP contribution in [0, 0.1) is 18.3 Å². The van der Waals surface area contributed by atoms with Gasteiger partial charge in [0, 0.05) is 17.5 Å². The van der Waals surface area contributed by atoms with Gasteiger partial charge in [0.15, 0.2) is 0 Å². The number of allylic oxidation sites excluding steroid dienone is 1. The van der Waals surface area contributed by atoms with Crippen molar-refractivity contribution in [2.45, 2.75) is 70.4 Å². The summed E-state index contributed by atoms with van der Waals surface area (Å²) in [4.78, 5) is 24.7. The molecule has 1 saturated carbocycles. The summed E-state index contributed by atoms with van der Waals surface area (Å²) >= 11 is 0. The Bertz CT molecular complexity index is 982. The van der Waals surface area contributed by atoms with E-state index >= 15 is 0 Å². The lowest BCUT2D eigenvalue weighted by molar-refractivity contribution is -0.110. The Balaban J connectivity index is 0.000000285. The molecule has 3 rings (SSSR count). The van der Waals surface area contributed by atoms with Crippen LogP contribution in [-0.4, -0.2) is 36.8 Å². The molecule has 0 radical (unpaired) electrons. The van der Waals surface area contributed by atoms with Gasteiger partial charge in [-0.3, -0.25) is 9.59 Å². The minimum atomic E-state index is -0.526. The zero-order valence-corrected chi connectivity index (χ0v) is 18.7. The van der Waals surface area contributed by atoms with E-state index in [2.05, 4.69) is 23.3 Å². The summed E-state index contributed by atoms with van der Waals surface area (Å²) in [5.41, 5.74) is 0.110. The van der Waals surface area contributed by atoms with Crippen LogP contribution in [0.25, 0.3) is 12.2 Å². The maximum atomic E-state index is 11.8. The predicted octanol–water partition coefficient (Wildman–Crippen LogP) is 1.93. The number of amides is 1. The summed E-state index contributed by atoms with van der Waals surface area (Å²) in [5, 5.41) is 13.0. The third-order valence-corrected chi connectivity index (χ3v) is 5.60.